The lowest BCUT2D eigenvalue weighted by atomic mass is 10.1. The van der Waals surface area contributed by atoms with Crippen molar-refractivity contribution in [3.63, 3.8) is 0 Å². The largest absolute Gasteiger partial charge is 0.378 e. The van der Waals surface area contributed by atoms with Gasteiger partial charge >= 0.3 is 6.03 Å². The van der Waals surface area contributed by atoms with Crippen molar-refractivity contribution in [3.8, 4) is 0 Å². The zero-order chi connectivity index (χ0) is 16.5. The maximum atomic E-state index is 12.9. The van der Waals surface area contributed by atoms with Crippen LogP contribution in [0.4, 0.5) is 10.5 Å². The number of morpholine rings is 1. The maximum absolute atomic E-state index is 12.9. The van der Waals surface area contributed by atoms with Gasteiger partial charge in [0.15, 0.2) is 0 Å². The van der Waals surface area contributed by atoms with Crippen molar-refractivity contribution in [2.24, 2.45) is 4.99 Å². The average molecular weight is 328 g/mol. The lowest BCUT2D eigenvalue weighted by molar-refractivity contribution is -0.133. The zero-order valence-electron chi connectivity index (χ0n) is 13.5. The summed E-state index contributed by atoms with van der Waals surface area (Å²) in [6.07, 6.45) is 0.850. The minimum atomic E-state index is -0.159. The van der Waals surface area contributed by atoms with Gasteiger partial charge in [-0.15, -0.1) is 0 Å². The molecule has 1 fully saturated rings. The highest BCUT2D eigenvalue weighted by atomic mass is 16.5. The number of urea groups is 1. The van der Waals surface area contributed by atoms with Crippen LogP contribution in [0.5, 0.6) is 0 Å². The minimum absolute atomic E-state index is 0.0427. The normalized spacial score (nSPS) is 20.4. The van der Waals surface area contributed by atoms with E-state index in [-0.39, 0.29) is 18.5 Å². The van der Waals surface area contributed by atoms with Gasteiger partial charge in [0.05, 0.1) is 18.9 Å². The first-order valence-electron chi connectivity index (χ1n) is 8.34. The molecule has 0 unspecified atom stereocenters. The third-order valence-corrected chi connectivity index (χ3v) is 4.61. The Bertz CT molecular complexity index is 697. The van der Waals surface area contributed by atoms with Crippen molar-refractivity contribution >= 4 is 23.5 Å². The first kappa shape index (κ1) is 15.1. The Morgan fingerprint density at radius 2 is 1.96 bits per heavy atom. The molecule has 3 heterocycles. The molecule has 0 aliphatic carbocycles. The van der Waals surface area contributed by atoms with Crippen LogP contribution in [0.15, 0.2) is 29.3 Å². The number of nitrogens with zero attached hydrogens (tertiary/aromatic N) is 4. The molecule has 0 N–H and O–H groups in total. The summed E-state index contributed by atoms with van der Waals surface area (Å²) in [5.74, 6) is 0.691. The second kappa shape index (κ2) is 6.24. The molecular formula is C17H20N4O3. The van der Waals surface area contributed by atoms with Crippen LogP contribution in [-0.2, 0) is 9.53 Å². The molecular weight excluding hydrogens is 308 g/mol. The lowest BCUT2D eigenvalue weighted by Crippen LogP contribution is -2.56. The van der Waals surface area contributed by atoms with E-state index in [4.69, 9.17) is 4.74 Å². The van der Waals surface area contributed by atoms with Crippen LogP contribution >= 0.6 is 0 Å². The first-order valence-corrected chi connectivity index (χ1v) is 8.34. The SMILES string of the molecule is O=C(CN1C(=O)N2CCCN=C2c2ccccc21)N1CCOCC1. The van der Waals surface area contributed by atoms with Gasteiger partial charge in [-0.2, -0.15) is 0 Å². The monoisotopic (exact) mass is 328 g/mol. The van der Waals surface area contributed by atoms with Crippen LogP contribution in [-0.4, -0.2) is 73.5 Å². The van der Waals surface area contributed by atoms with Crippen LogP contribution in [0.3, 0.4) is 0 Å². The fraction of sp³-hybridized carbons (Fsp3) is 0.471. The summed E-state index contributed by atoms with van der Waals surface area (Å²) >= 11 is 0. The number of benzene rings is 1. The number of hydrogen-bond acceptors (Lipinski definition) is 4. The van der Waals surface area contributed by atoms with E-state index < -0.39 is 0 Å². The number of amidine groups is 1. The third kappa shape index (κ3) is 2.54. The molecule has 0 aromatic heterocycles. The Labute approximate surface area is 140 Å². The van der Waals surface area contributed by atoms with Crippen LogP contribution in [0.25, 0.3) is 0 Å². The molecule has 1 saturated heterocycles. The van der Waals surface area contributed by atoms with Gasteiger partial charge in [0.2, 0.25) is 5.91 Å². The van der Waals surface area contributed by atoms with Crippen LogP contribution in [0.2, 0.25) is 0 Å². The Hall–Kier alpha value is -2.41. The first-order chi connectivity index (χ1) is 11.8. The molecule has 3 aliphatic rings. The molecule has 0 radical (unpaired) electrons. The van der Waals surface area contributed by atoms with Crippen molar-refractivity contribution in [1.29, 1.82) is 0 Å². The molecule has 1 aromatic carbocycles. The average Bonchev–Trinajstić information content (AvgIpc) is 2.65. The van der Waals surface area contributed by atoms with E-state index in [0.717, 1.165) is 30.1 Å². The van der Waals surface area contributed by atoms with Gasteiger partial charge in [0, 0.05) is 31.7 Å². The van der Waals surface area contributed by atoms with E-state index in [9.17, 15) is 9.59 Å². The number of amides is 3. The van der Waals surface area contributed by atoms with E-state index in [1.54, 1.807) is 14.7 Å². The summed E-state index contributed by atoms with van der Waals surface area (Å²) in [5.41, 5.74) is 1.69. The van der Waals surface area contributed by atoms with Gasteiger partial charge in [-0.05, 0) is 18.6 Å². The van der Waals surface area contributed by atoms with Gasteiger partial charge in [-0.3, -0.25) is 19.6 Å². The topological polar surface area (TPSA) is 65.5 Å². The second-order valence-electron chi connectivity index (χ2n) is 6.09. The fourth-order valence-corrected chi connectivity index (χ4v) is 3.37. The highest BCUT2D eigenvalue weighted by molar-refractivity contribution is 6.20. The number of rotatable bonds is 2. The quantitative estimate of drug-likeness (QED) is 0.811. The molecule has 24 heavy (non-hydrogen) atoms. The van der Waals surface area contributed by atoms with Gasteiger partial charge in [0.25, 0.3) is 0 Å². The van der Waals surface area contributed by atoms with E-state index in [1.807, 2.05) is 24.3 Å². The Balaban J connectivity index is 1.64. The number of ether oxygens (including phenoxy) is 1. The summed E-state index contributed by atoms with van der Waals surface area (Å²) in [5, 5.41) is 0. The summed E-state index contributed by atoms with van der Waals surface area (Å²) < 4.78 is 5.29. The summed E-state index contributed by atoms with van der Waals surface area (Å²) in [7, 11) is 0. The lowest BCUT2D eigenvalue weighted by Gasteiger charge is -2.39. The number of hydrogen-bond donors (Lipinski definition) is 0. The van der Waals surface area contributed by atoms with Crippen molar-refractivity contribution < 1.29 is 14.3 Å². The van der Waals surface area contributed by atoms with E-state index in [2.05, 4.69) is 4.99 Å². The number of para-hydroxylation sites is 1. The van der Waals surface area contributed by atoms with Crippen molar-refractivity contribution in [1.82, 2.24) is 9.80 Å². The molecule has 3 aliphatic heterocycles. The van der Waals surface area contributed by atoms with Crippen molar-refractivity contribution in [3.05, 3.63) is 29.8 Å². The molecule has 126 valence electrons. The van der Waals surface area contributed by atoms with Crippen molar-refractivity contribution in [2.45, 2.75) is 6.42 Å². The van der Waals surface area contributed by atoms with Gasteiger partial charge < -0.3 is 9.64 Å². The summed E-state index contributed by atoms with van der Waals surface area (Å²) in [6, 6.07) is 7.51. The molecule has 0 bridgehead atoms. The molecule has 0 saturated carbocycles. The second-order valence-corrected chi connectivity index (χ2v) is 6.09. The fourth-order valence-electron chi connectivity index (χ4n) is 3.37. The minimum Gasteiger partial charge on any atom is -0.378 e. The molecule has 0 atom stereocenters. The Morgan fingerprint density at radius 3 is 2.79 bits per heavy atom. The molecule has 7 nitrogen and oxygen atoms in total. The van der Waals surface area contributed by atoms with Gasteiger partial charge in [-0.25, -0.2) is 4.79 Å². The summed E-state index contributed by atoms with van der Waals surface area (Å²) in [6.45, 7) is 3.71. The molecule has 3 amide bonds. The maximum Gasteiger partial charge on any atom is 0.330 e. The van der Waals surface area contributed by atoms with Crippen LogP contribution in [0.1, 0.15) is 12.0 Å². The Kier molecular flexibility index (Phi) is 3.93. The van der Waals surface area contributed by atoms with E-state index >= 15 is 0 Å². The highest BCUT2D eigenvalue weighted by Crippen LogP contribution is 2.30. The van der Waals surface area contributed by atoms with E-state index in [0.29, 0.717) is 32.8 Å². The van der Waals surface area contributed by atoms with Crippen molar-refractivity contribution in [2.75, 3.05) is 50.8 Å². The summed E-state index contributed by atoms with van der Waals surface area (Å²) in [4.78, 5) is 35.1. The van der Waals surface area contributed by atoms with E-state index in [1.165, 1.54) is 0 Å². The van der Waals surface area contributed by atoms with Gasteiger partial charge in [0.1, 0.15) is 12.4 Å². The number of aliphatic imine (C=N–C) groups is 1. The number of fused-ring (bicyclic) bond motifs is 3. The predicted molar refractivity (Wildman–Crippen MR) is 89.3 cm³/mol. The molecule has 4 rings (SSSR count). The Morgan fingerprint density at radius 1 is 1.17 bits per heavy atom. The number of anilines is 1. The standard InChI is InChI=1S/C17H20N4O3/c22-15(19-8-10-24-11-9-19)12-21-14-5-2-1-4-13(14)16-18-6-3-7-20(16)17(21)23/h1-2,4-5H,3,6-12H2. The highest BCUT2D eigenvalue weighted by Gasteiger charge is 2.37. The zero-order valence-corrected chi connectivity index (χ0v) is 13.5. The van der Waals surface area contributed by atoms with Gasteiger partial charge in [-0.1, -0.05) is 12.1 Å². The molecule has 0 spiro atoms. The smallest absolute Gasteiger partial charge is 0.330 e. The molecule has 7 heteroatoms. The molecule has 1 aromatic rings. The van der Waals surface area contributed by atoms with Crippen LogP contribution in [0, 0.1) is 0 Å². The van der Waals surface area contributed by atoms with Crippen LogP contribution < -0.4 is 4.90 Å². The number of carbonyl (C=O) groups excluding carboxylic acids is 2. The number of carbonyl (C=O) groups is 2. The third-order valence-electron chi connectivity index (χ3n) is 4.61. The predicted octanol–water partition coefficient (Wildman–Crippen LogP) is 0.938.